The van der Waals surface area contributed by atoms with Crippen molar-refractivity contribution >= 4 is 5.82 Å². The van der Waals surface area contributed by atoms with Crippen LogP contribution in [0.3, 0.4) is 0 Å². The van der Waals surface area contributed by atoms with E-state index in [9.17, 15) is 4.39 Å². The molecule has 122 valence electrons. The molecule has 0 radical (unpaired) electrons. The van der Waals surface area contributed by atoms with Crippen molar-refractivity contribution in [2.24, 2.45) is 0 Å². The molecule has 3 heterocycles. The lowest BCUT2D eigenvalue weighted by Crippen LogP contribution is -2.46. The molecule has 1 saturated heterocycles. The van der Waals surface area contributed by atoms with Crippen LogP contribution in [0.25, 0.3) is 0 Å². The number of piperidine rings is 1. The Hall–Kier alpha value is -2.08. The van der Waals surface area contributed by atoms with Crippen molar-refractivity contribution in [2.75, 3.05) is 25.0 Å². The van der Waals surface area contributed by atoms with Gasteiger partial charge in [0.1, 0.15) is 18.0 Å². The monoisotopic (exact) mass is 315 g/mol. The molecular weight excluding hydrogens is 293 g/mol. The van der Waals surface area contributed by atoms with Crippen LogP contribution in [0.2, 0.25) is 0 Å². The molecule has 0 bridgehead atoms. The number of likely N-dealkylation sites (tertiary alicyclic amines) is 1. The van der Waals surface area contributed by atoms with Crippen LogP contribution in [-0.4, -0.2) is 46.0 Å². The van der Waals surface area contributed by atoms with Gasteiger partial charge in [0, 0.05) is 49.7 Å². The fourth-order valence-corrected chi connectivity index (χ4v) is 3.08. The Morgan fingerprint density at radius 3 is 3.04 bits per heavy atom. The minimum atomic E-state index is -0.227. The van der Waals surface area contributed by atoms with Crippen LogP contribution in [0.4, 0.5) is 10.2 Å². The fraction of sp³-hybridized carbons (Fsp3) is 0.471. The Kier molecular flexibility index (Phi) is 4.81. The van der Waals surface area contributed by atoms with Gasteiger partial charge in [-0.05, 0) is 32.4 Å². The van der Waals surface area contributed by atoms with Gasteiger partial charge in [0.15, 0.2) is 0 Å². The second-order valence-electron chi connectivity index (χ2n) is 6.13. The third-order valence-electron chi connectivity index (χ3n) is 4.43. The van der Waals surface area contributed by atoms with Crippen molar-refractivity contribution in [2.45, 2.75) is 32.4 Å². The van der Waals surface area contributed by atoms with Crippen LogP contribution < -0.4 is 4.90 Å². The predicted molar refractivity (Wildman–Crippen MR) is 87.7 cm³/mol. The highest BCUT2D eigenvalue weighted by atomic mass is 19.1. The quantitative estimate of drug-likeness (QED) is 0.867. The van der Waals surface area contributed by atoms with Crippen LogP contribution in [0.1, 0.15) is 24.1 Å². The predicted octanol–water partition coefficient (Wildman–Crippen LogP) is 2.42. The lowest BCUT2D eigenvalue weighted by atomic mass is 10.0. The van der Waals surface area contributed by atoms with E-state index in [4.69, 9.17) is 0 Å². The van der Waals surface area contributed by atoms with E-state index in [1.165, 1.54) is 6.20 Å². The normalized spacial score (nSPS) is 18.8. The maximum Gasteiger partial charge on any atom is 0.145 e. The Labute approximate surface area is 136 Å². The van der Waals surface area contributed by atoms with E-state index in [0.29, 0.717) is 18.2 Å². The first-order chi connectivity index (χ1) is 11.1. The third kappa shape index (κ3) is 3.82. The molecule has 1 unspecified atom stereocenters. The minimum Gasteiger partial charge on any atom is -0.355 e. The second kappa shape index (κ2) is 7.00. The van der Waals surface area contributed by atoms with Crippen molar-refractivity contribution in [1.82, 2.24) is 19.9 Å². The molecular formula is C17H22FN5. The number of aryl methyl sites for hydroxylation is 1. The Morgan fingerprint density at radius 2 is 2.26 bits per heavy atom. The van der Waals surface area contributed by atoms with Gasteiger partial charge in [-0.1, -0.05) is 0 Å². The maximum atomic E-state index is 13.8. The van der Waals surface area contributed by atoms with Crippen LogP contribution >= 0.6 is 0 Å². The van der Waals surface area contributed by atoms with Crippen LogP contribution in [0, 0.1) is 12.7 Å². The summed E-state index contributed by atoms with van der Waals surface area (Å²) in [5.74, 6) is 0.717. The smallest absolute Gasteiger partial charge is 0.145 e. The van der Waals surface area contributed by atoms with Crippen molar-refractivity contribution in [1.29, 1.82) is 0 Å². The summed E-state index contributed by atoms with van der Waals surface area (Å²) in [5.41, 5.74) is 1.68. The highest BCUT2D eigenvalue weighted by Gasteiger charge is 2.24. The molecule has 0 amide bonds. The Balaban J connectivity index is 1.67. The Bertz CT molecular complexity index is 663. The molecule has 1 aliphatic heterocycles. The zero-order valence-corrected chi connectivity index (χ0v) is 13.6. The van der Waals surface area contributed by atoms with E-state index < -0.39 is 0 Å². The SMILES string of the molecule is Cc1cc(N(C)C2CCCN(Cc3ccncc3F)C2)ncn1. The number of halogens is 1. The molecule has 0 N–H and O–H groups in total. The first kappa shape index (κ1) is 15.8. The molecule has 5 nitrogen and oxygen atoms in total. The van der Waals surface area contributed by atoms with Gasteiger partial charge >= 0.3 is 0 Å². The van der Waals surface area contributed by atoms with Crippen LogP contribution in [-0.2, 0) is 6.54 Å². The molecule has 1 atom stereocenters. The molecule has 2 aromatic heterocycles. The number of hydrogen-bond donors (Lipinski definition) is 0. The molecule has 0 aliphatic carbocycles. The summed E-state index contributed by atoms with van der Waals surface area (Å²) in [4.78, 5) is 16.8. The molecule has 23 heavy (non-hydrogen) atoms. The summed E-state index contributed by atoms with van der Waals surface area (Å²) >= 11 is 0. The molecule has 6 heteroatoms. The van der Waals surface area contributed by atoms with Crippen molar-refractivity contribution in [3.8, 4) is 0 Å². The molecule has 0 spiro atoms. The van der Waals surface area contributed by atoms with E-state index in [1.807, 2.05) is 13.0 Å². The van der Waals surface area contributed by atoms with Gasteiger partial charge in [-0.3, -0.25) is 9.88 Å². The summed E-state index contributed by atoms with van der Waals surface area (Å²) in [6, 6.07) is 4.14. The molecule has 0 saturated carbocycles. The molecule has 3 rings (SSSR count). The second-order valence-corrected chi connectivity index (χ2v) is 6.13. The first-order valence-corrected chi connectivity index (χ1v) is 7.95. The van der Waals surface area contributed by atoms with Gasteiger partial charge in [0.25, 0.3) is 0 Å². The van der Waals surface area contributed by atoms with Gasteiger partial charge in [-0.25, -0.2) is 14.4 Å². The number of anilines is 1. The number of pyridine rings is 1. The summed E-state index contributed by atoms with van der Waals surface area (Å²) in [5, 5.41) is 0. The van der Waals surface area contributed by atoms with E-state index >= 15 is 0 Å². The fourth-order valence-electron chi connectivity index (χ4n) is 3.08. The van der Waals surface area contributed by atoms with E-state index in [0.717, 1.165) is 37.4 Å². The highest BCUT2D eigenvalue weighted by Crippen LogP contribution is 2.21. The van der Waals surface area contributed by atoms with E-state index in [2.05, 4.69) is 31.8 Å². The van der Waals surface area contributed by atoms with Crippen molar-refractivity contribution in [3.05, 3.63) is 47.9 Å². The molecule has 1 aliphatic rings. The topological polar surface area (TPSA) is 45.2 Å². The standard InChI is InChI=1S/C17H22FN5/c1-13-8-17(21-12-20-13)22(2)15-4-3-7-23(11-15)10-14-5-6-19-9-16(14)18/h5-6,8-9,12,15H,3-4,7,10-11H2,1-2H3. The van der Waals surface area contributed by atoms with Gasteiger partial charge < -0.3 is 4.90 Å². The number of aromatic nitrogens is 3. The van der Waals surface area contributed by atoms with Gasteiger partial charge in [0.2, 0.25) is 0 Å². The molecule has 2 aromatic rings. The maximum absolute atomic E-state index is 13.8. The highest BCUT2D eigenvalue weighted by molar-refractivity contribution is 5.39. The largest absolute Gasteiger partial charge is 0.355 e. The van der Waals surface area contributed by atoms with Crippen LogP contribution in [0.15, 0.2) is 30.9 Å². The minimum absolute atomic E-state index is 0.227. The van der Waals surface area contributed by atoms with Gasteiger partial charge in [0.05, 0.1) is 6.20 Å². The van der Waals surface area contributed by atoms with Crippen molar-refractivity contribution in [3.63, 3.8) is 0 Å². The molecule has 0 aromatic carbocycles. The lowest BCUT2D eigenvalue weighted by molar-refractivity contribution is 0.196. The lowest BCUT2D eigenvalue weighted by Gasteiger charge is -2.38. The average molecular weight is 315 g/mol. The van der Waals surface area contributed by atoms with Crippen LogP contribution in [0.5, 0.6) is 0 Å². The van der Waals surface area contributed by atoms with Gasteiger partial charge in [-0.2, -0.15) is 0 Å². The van der Waals surface area contributed by atoms with Gasteiger partial charge in [-0.15, -0.1) is 0 Å². The van der Waals surface area contributed by atoms with E-state index in [1.54, 1.807) is 18.6 Å². The molecule has 1 fully saturated rings. The summed E-state index contributed by atoms with van der Waals surface area (Å²) in [6.07, 6.45) is 6.76. The van der Waals surface area contributed by atoms with E-state index in [-0.39, 0.29) is 5.82 Å². The summed E-state index contributed by atoms with van der Waals surface area (Å²) in [7, 11) is 2.07. The summed E-state index contributed by atoms with van der Waals surface area (Å²) < 4.78 is 13.8. The number of rotatable bonds is 4. The zero-order valence-electron chi connectivity index (χ0n) is 13.6. The number of hydrogen-bond acceptors (Lipinski definition) is 5. The third-order valence-corrected chi connectivity index (χ3v) is 4.43. The first-order valence-electron chi connectivity index (χ1n) is 7.95. The average Bonchev–Trinajstić information content (AvgIpc) is 2.56. The number of nitrogens with zero attached hydrogens (tertiary/aromatic N) is 5. The Morgan fingerprint density at radius 1 is 1.39 bits per heavy atom. The van der Waals surface area contributed by atoms with Crippen molar-refractivity contribution < 1.29 is 4.39 Å². The zero-order chi connectivity index (χ0) is 16.2. The number of likely N-dealkylation sites (N-methyl/N-ethyl adjacent to an activating group) is 1. The summed E-state index contributed by atoms with van der Waals surface area (Å²) in [6.45, 7) is 4.50.